The van der Waals surface area contributed by atoms with Crippen molar-refractivity contribution in [1.82, 2.24) is 15.5 Å². The van der Waals surface area contributed by atoms with E-state index in [1.807, 2.05) is 7.05 Å². The lowest BCUT2D eigenvalue weighted by molar-refractivity contribution is -0.146. The molecule has 1 aliphatic rings. The van der Waals surface area contributed by atoms with Crippen LogP contribution < -0.4 is 10.6 Å². The number of amides is 2. The fourth-order valence-electron chi connectivity index (χ4n) is 1.27. The first-order valence-corrected chi connectivity index (χ1v) is 4.44. The molecule has 1 saturated heterocycles. The van der Waals surface area contributed by atoms with Gasteiger partial charge in [0.15, 0.2) is 0 Å². The molecule has 0 unspecified atom stereocenters. The Hall–Kier alpha value is -0.940. The SMILES string of the molecule is CNCCCN1C(=O)CNCC1=O. The Kier molecular flexibility index (Phi) is 3.85. The average Bonchev–Trinajstić information content (AvgIpc) is 2.10. The second-order valence-electron chi connectivity index (χ2n) is 3.00. The zero-order valence-corrected chi connectivity index (χ0v) is 7.80. The fourth-order valence-corrected chi connectivity index (χ4v) is 1.27. The Morgan fingerprint density at radius 1 is 1.38 bits per heavy atom. The monoisotopic (exact) mass is 185 g/mol. The molecule has 0 aromatic rings. The van der Waals surface area contributed by atoms with Crippen LogP contribution in [0.4, 0.5) is 0 Å². The smallest absolute Gasteiger partial charge is 0.243 e. The van der Waals surface area contributed by atoms with Gasteiger partial charge in [0.1, 0.15) is 0 Å². The molecular formula is C8H15N3O2. The zero-order chi connectivity index (χ0) is 9.68. The van der Waals surface area contributed by atoms with E-state index in [1.54, 1.807) is 0 Å². The molecule has 1 rings (SSSR count). The highest BCUT2D eigenvalue weighted by molar-refractivity contribution is 5.99. The molecule has 5 heteroatoms. The van der Waals surface area contributed by atoms with Crippen molar-refractivity contribution in [1.29, 1.82) is 0 Å². The molecule has 13 heavy (non-hydrogen) atoms. The predicted molar refractivity (Wildman–Crippen MR) is 48.1 cm³/mol. The van der Waals surface area contributed by atoms with Gasteiger partial charge in [0, 0.05) is 6.54 Å². The molecule has 1 fully saturated rings. The molecule has 2 N–H and O–H groups in total. The van der Waals surface area contributed by atoms with Crippen molar-refractivity contribution in [3.05, 3.63) is 0 Å². The lowest BCUT2D eigenvalue weighted by Crippen LogP contribution is -2.52. The van der Waals surface area contributed by atoms with Crippen LogP contribution in [0.15, 0.2) is 0 Å². The van der Waals surface area contributed by atoms with Crippen molar-refractivity contribution in [3.63, 3.8) is 0 Å². The molecule has 74 valence electrons. The molecule has 0 aliphatic carbocycles. The molecule has 0 spiro atoms. The third-order valence-electron chi connectivity index (χ3n) is 1.96. The minimum atomic E-state index is -0.118. The minimum absolute atomic E-state index is 0.118. The summed E-state index contributed by atoms with van der Waals surface area (Å²) in [5.74, 6) is -0.236. The van der Waals surface area contributed by atoms with Crippen LogP contribution in [0.1, 0.15) is 6.42 Å². The third kappa shape index (κ3) is 2.78. The summed E-state index contributed by atoms with van der Waals surface area (Å²) in [6, 6.07) is 0. The van der Waals surface area contributed by atoms with Crippen molar-refractivity contribution in [2.75, 3.05) is 33.2 Å². The highest BCUT2D eigenvalue weighted by atomic mass is 16.2. The van der Waals surface area contributed by atoms with Crippen LogP contribution in [-0.4, -0.2) is 49.9 Å². The molecule has 2 amide bonds. The van der Waals surface area contributed by atoms with Gasteiger partial charge in [-0.25, -0.2) is 0 Å². The summed E-state index contributed by atoms with van der Waals surface area (Å²) in [7, 11) is 1.85. The number of carbonyl (C=O) groups is 2. The van der Waals surface area contributed by atoms with Gasteiger partial charge in [-0.2, -0.15) is 0 Å². The van der Waals surface area contributed by atoms with Crippen LogP contribution in [0.25, 0.3) is 0 Å². The van der Waals surface area contributed by atoms with Crippen LogP contribution in [0.2, 0.25) is 0 Å². The van der Waals surface area contributed by atoms with E-state index in [0.29, 0.717) is 6.54 Å². The van der Waals surface area contributed by atoms with Gasteiger partial charge in [-0.3, -0.25) is 19.8 Å². The van der Waals surface area contributed by atoms with Gasteiger partial charge in [0.05, 0.1) is 13.1 Å². The van der Waals surface area contributed by atoms with Crippen molar-refractivity contribution in [2.45, 2.75) is 6.42 Å². The maximum Gasteiger partial charge on any atom is 0.243 e. The van der Waals surface area contributed by atoms with E-state index in [2.05, 4.69) is 10.6 Å². The van der Waals surface area contributed by atoms with Crippen molar-refractivity contribution in [2.24, 2.45) is 0 Å². The summed E-state index contributed by atoms with van der Waals surface area (Å²) in [5, 5.41) is 5.72. The number of imide groups is 1. The number of hydrogen-bond donors (Lipinski definition) is 2. The van der Waals surface area contributed by atoms with Gasteiger partial charge in [0.2, 0.25) is 11.8 Å². The highest BCUT2D eigenvalue weighted by Crippen LogP contribution is 1.97. The molecule has 5 nitrogen and oxygen atoms in total. The first-order chi connectivity index (χ1) is 6.25. The molecule has 1 heterocycles. The molecular weight excluding hydrogens is 170 g/mol. The summed E-state index contributed by atoms with van der Waals surface area (Å²) in [6.07, 6.45) is 0.813. The fraction of sp³-hybridized carbons (Fsp3) is 0.750. The van der Waals surface area contributed by atoms with E-state index in [4.69, 9.17) is 0 Å². The quantitative estimate of drug-likeness (QED) is 0.416. The van der Waals surface area contributed by atoms with Crippen LogP contribution >= 0.6 is 0 Å². The number of nitrogens with zero attached hydrogens (tertiary/aromatic N) is 1. The van der Waals surface area contributed by atoms with Crippen LogP contribution in [0, 0.1) is 0 Å². The van der Waals surface area contributed by atoms with Crippen molar-refractivity contribution < 1.29 is 9.59 Å². The maximum absolute atomic E-state index is 11.2. The van der Waals surface area contributed by atoms with E-state index < -0.39 is 0 Å². The van der Waals surface area contributed by atoms with Gasteiger partial charge in [-0.15, -0.1) is 0 Å². The molecule has 0 atom stereocenters. The van der Waals surface area contributed by atoms with E-state index in [-0.39, 0.29) is 24.9 Å². The summed E-state index contributed by atoms with van der Waals surface area (Å²) < 4.78 is 0. The molecule has 0 aromatic carbocycles. The van der Waals surface area contributed by atoms with Crippen molar-refractivity contribution in [3.8, 4) is 0 Å². The van der Waals surface area contributed by atoms with E-state index in [1.165, 1.54) is 4.90 Å². The van der Waals surface area contributed by atoms with Crippen LogP contribution in [-0.2, 0) is 9.59 Å². The largest absolute Gasteiger partial charge is 0.320 e. The van der Waals surface area contributed by atoms with E-state index in [9.17, 15) is 9.59 Å². The normalized spacial score (nSPS) is 18.1. The molecule has 0 bridgehead atoms. The minimum Gasteiger partial charge on any atom is -0.320 e. The first kappa shape index (κ1) is 10.1. The summed E-state index contributed by atoms with van der Waals surface area (Å²) in [5.41, 5.74) is 0. The number of hydrogen-bond acceptors (Lipinski definition) is 4. The third-order valence-corrected chi connectivity index (χ3v) is 1.96. The lowest BCUT2D eigenvalue weighted by Gasteiger charge is -2.25. The Morgan fingerprint density at radius 3 is 2.54 bits per heavy atom. The number of nitrogens with one attached hydrogen (secondary N) is 2. The molecule has 0 radical (unpaired) electrons. The molecule has 0 saturated carbocycles. The summed E-state index contributed by atoms with van der Waals surface area (Å²) in [6.45, 7) is 1.92. The average molecular weight is 185 g/mol. The lowest BCUT2D eigenvalue weighted by atomic mass is 10.3. The van der Waals surface area contributed by atoms with E-state index in [0.717, 1.165) is 13.0 Å². The standard InChI is InChI=1S/C8H15N3O2/c1-9-3-2-4-11-7(12)5-10-6-8(11)13/h9-10H,2-6H2,1H3. The van der Waals surface area contributed by atoms with Gasteiger partial charge in [0.25, 0.3) is 0 Å². The maximum atomic E-state index is 11.2. The Morgan fingerprint density at radius 2 is 2.00 bits per heavy atom. The van der Waals surface area contributed by atoms with Gasteiger partial charge < -0.3 is 5.32 Å². The molecule has 1 aliphatic heterocycles. The van der Waals surface area contributed by atoms with E-state index >= 15 is 0 Å². The second kappa shape index (κ2) is 4.94. The second-order valence-corrected chi connectivity index (χ2v) is 3.00. The number of carbonyl (C=O) groups excluding carboxylic acids is 2. The zero-order valence-electron chi connectivity index (χ0n) is 7.80. The molecule has 0 aromatic heterocycles. The summed E-state index contributed by atoms with van der Waals surface area (Å²) in [4.78, 5) is 23.8. The Bertz CT molecular complexity index is 190. The summed E-state index contributed by atoms with van der Waals surface area (Å²) >= 11 is 0. The Labute approximate surface area is 77.5 Å². The number of rotatable bonds is 4. The Balaban J connectivity index is 2.35. The van der Waals surface area contributed by atoms with Crippen LogP contribution in [0.5, 0.6) is 0 Å². The number of piperazine rings is 1. The highest BCUT2D eigenvalue weighted by Gasteiger charge is 2.24. The first-order valence-electron chi connectivity index (χ1n) is 4.44. The predicted octanol–water partition coefficient (Wildman–Crippen LogP) is -1.45. The van der Waals surface area contributed by atoms with Gasteiger partial charge >= 0.3 is 0 Å². The van der Waals surface area contributed by atoms with Crippen LogP contribution in [0.3, 0.4) is 0 Å². The van der Waals surface area contributed by atoms with Crippen molar-refractivity contribution >= 4 is 11.8 Å². The topological polar surface area (TPSA) is 61.4 Å². The van der Waals surface area contributed by atoms with Gasteiger partial charge in [-0.1, -0.05) is 0 Å². The van der Waals surface area contributed by atoms with Gasteiger partial charge in [-0.05, 0) is 20.0 Å².